The smallest absolute Gasteiger partial charge is 0.340 e. The zero-order valence-electron chi connectivity index (χ0n) is 28.9. The Hall–Kier alpha value is -5.25. The van der Waals surface area contributed by atoms with Gasteiger partial charge in [0.1, 0.15) is 64.9 Å². The molecule has 2 saturated heterocycles. The molecule has 19 nitrogen and oxygen atoms in total. The first kappa shape index (κ1) is 39.4. The lowest BCUT2D eigenvalue weighted by molar-refractivity contribution is -0.302. The van der Waals surface area contributed by atoms with E-state index >= 15 is 0 Å². The minimum Gasteiger partial charge on any atom is -0.507 e. The SMILES string of the molecule is CCCCc1cc(Cc2c(OC3OC(C(=O)OC4OC(C(=O)O)C(O)C(O)C4O)C(O)C(O)C3O)cc3oc(-c4ccc(O)c(O)c4)cc(=O)c3c2O)c[nH]1. The van der Waals surface area contributed by atoms with E-state index in [9.17, 15) is 65.4 Å². The molecule has 10 unspecified atom stereocenters. The molecule has 19 heteroatoms. The van der Waals surface area contributed by atoms with E-state index in [0.29, 0.717) is 5.56 Å². The van der Waals surface area contributed by atoms with E-state index < -0.39 is 96.0 Å². The number of ether oxygens (including phenoxy) is 4. The first-order valence-electron chi connectivity index (χ1n) is 17.1. The number of benzene rings is 2. The predicted molar refractivity (Wildman–Crippen MR) is 183 cm³/mol. The van der Waals surface area contributed by atoms with Gasteiger partial charge in [0.05, 0.1) is 0 Å². The molecular formula is C36H39NO18. The van der Waals surface area contributed by atoms with E-state index in [-0.39, 0.29) is 40.0 Å². The van der Waals surface area contributed by atoms with Gasteiger partial charge in [0.2, 0.25) is 12.6 Å². The fraction of sp³-hybridized carbons (Fsp3) is 0.417. The summed E-state index contributed by atoms with van der Waals surface area (Å²) in [6.45, 7) is 2.03. The molecule has 4 heterocycles. The molecule has 2 aliphatic rings. The summed E-state index contributed by atoms with van der Waals surface area (Å²) >= 11 is 0. The molecule has 0 bridgehead atoms. The maximum Gasteiger partial charge on any atom is 0.340 e. The fourth-order valence-corrected chi connectivity index (χ4v) is 6.32. The number of hydrogen-bond donors (Lipinski definition) is 11. The second kappa shape index (κ2) is 15.8. The van der Waals surface area contributed by atoms with Crippen LogP contribution in [0, 0.1) is 0 Å². The lowest BCUT2D eigenvalue weighted by atomic mass is 9.97. The van der Waals surface area contributed by atoms with Crippen LogP contribution in [0.15, 0.2) is 51.8 Å². The van der Waals surface area contributed by atoms with Crippen LogP contribution in [0.1, 0.15) is 36.6 Å². The minimum atomic E-state index is -2.21. The number of phenolic OH excluding ortho intramolecular Hbond substituents is 3. The van der Waals surface area contributed by atoms with Crippen LogP contribution in [-0.4, -0.2) is 129 Å². The highest BCUT2D eigenvalue weighted by Crippen LogP contribution is 2.40. The number of rotatable bonds is 11. The highest BCUT2D eigenvalue weighted by atomic mass is 16.7. The molecule has 6 rings (SSSR count). The molecule has 0 aliphatic carbocycles. The van der Waals surface area contributed by atoms with Crippen LogP contribution in [0.3, 0.4) is 0 Å². The number of carbonyl (C=O) groups is 2. The molecule has 2 aromatic heterocycles. The maximum atomic E-state index is 13.5. The quantitative estimate of drug-likeness (QED) is 0.0673. The van der Waals surface area contributed by atoms with Crippen LogP contribution in [0.25, 0.3) is 22.3 Å². The molecule has 2 aliphatic heterocycles. The van der Waals surface area contributed by atoms with Gasteiger partial charge in [-0.1, -0.05) is 13.3 Å². The van der Waals surface area contributed by atoms with E-state index in [2.05, 4.69) is 4.98 Å². The third kappa shape index (κ3) is 7.82. The Bertz CT molecular complexity index is 2110. The number of phenols is 3. The summed E-state index contributed by atoms with van der Waals surface area (Å²) in [4.78, 5) is 41.3. The van der Waals surface area contributed by atoms with E-state index in [0.717, 1.165) is 43.2 Å². The van der Waals surface area contributed by atoms with E-state index in [1.807, 2.05) is 13.0 Å². The lowest BCUT2D eigenvalue weighted by Gasteiger charge is -2.41. The third-order valence-corrected chi connectivity index (χ3v) is 9.39. The Morgan fingerprint density at radius 2 is 1.49 bits per heavy atom. The molecule has 296 valence electrons. The highest BCUT2D eigenvalue weighted by Gasteiger charge is 2.52. The van der Waals surface area contributed by atoms with Gasteiger partial charge < -0.3 is 79.4 Å². The minimum absolute atomic E-state index is 0.0302. The van der Waals surface area contributed by atoms with E-state index in [1.54, 1.807) is 6.20 Å². The Labute approximate surface area is 309 Å². The number of aromatic nitrogens is 1. The Morgan fingerprint density at radius 1 is 0.818 bits per heavy atom. The molecule has 2 aromatic carbocycles. The molecule has 55 heavy (non-hydrogen) atoms. The van der Waals surface area contributed by atoms with Crippen molar-refractivity contribution in [3.8, 4) is 34.3 Å². The van der Waals surface area contributed by atoms with Crippen LogP contribution >= 0.6 is 0 Å². The van der Waals surface area contributed by atoms with Crippen molar-refractivity contribution in [1.29, 1.82) is 0 Å². The number of carbonyl (C=O) groups excluding carboxylic acids is 1. The summed E-state index contributed by atoms with van der Waals surface area (Å²) in [5, 5.41) is 103. The van der Waals surface area contributed by atoms with E-state index in [4.69, 9.17) is 23.4 Å². The monoisotopic (exact) mass is 773 g/mol. The number of aromatic hydroxyl groups is 3. The Kier molecular flexibility index (Phi) is 11.4. The molecule has 0 saturated carbocycles. The van der Waals surface area contributed by atoms with Crippen molar-refractivity contribution in [2.75, 3.05) is 0 Å². The van der Waals surface area contributed by atoms with Gasteiger partial charge in [0, 0.05) is 41.6 Å². The van der Waals surface area contributed by atoms with Gasteiger partial charge in [-0.3, -0.25) is 4.79 Å². The van der Waals surface area contributed by atoms with Crippen LogP contribution in [-0.2, 0) is 36.6 Å². The number of carboxylic acids is 1. The number of nitrogens with one attached hydrogen (secondary N) is 1. The molecule has 11 N–H and O–H groups in total. The summed E-state index contributed by atoms with van der Waals surface area (Å²) in [6.07, 6.45) is -17.3. The van der Waals surface area contributed by atoms with Gasteiger partial charge in [0.15, 0.2) is 29.1 Å². The average Bonchev–Trinajstić information content (AvgIpc) is 3.60. The van der Waals surface area contributed by atoms with Crippen molar-refractivity contribution in [3.05, 3.63) is 69.6 Å². The summed E-state index contributed by atoms with van der Waals surface area (Å²) in [7, 11) is 0. The third-order valence-electron chi connectivity index (χ3n) is 9.39. The molecule has 2 fully saturated rings. The molecule has 4 aromatic rings. The van der Waals surface area contributed by atoms with Gasteiger partial charge in [-0.2, -0.15) is 0 Å². The first-order valence-corrected chi connectivity index (χ1v) is 17.1. The zero-order valence-corrected chi connectivity index (χ0v) is 28.9. The number of hydrogen-bond acceptors (Lipinski definition) is 17. The van der Waals surface area contributed by atoms with Gasteiger partial charge >= 0.3 is 11.9 Å². The van der Waals surface area contributed by atoms with Crippen molar-refractivity contribution >= 4 is 22.9 Å². The van der Waals surface area contributed by atoms with Gasteiger partial charge in [-0.25, -0.2) is 9.59 Å². The van der Waals surface area contributed by atoms with E-state index in [1.165, 1.54) is 12.1 Å². The average molecular weight is 774 g/mol. The van der Waals surface area contributed by atoms with Crippen molar-refractivity contribution in [1.82, 2.24) is 4.98 Å². The molecular weight excluding hydrogens is 734 g/mol. The summed E-state index contributed by atoms with van der Waals surface area (Å²) < 4.78 is 27.3. The summed E-state index contributed by atoms with van der Waals surface area (Å²) in [5.74, 6) is -5.27. The van der Waals surface area contributed by atoms with Crippen LogP contribution < -0.4 is 10.2 Å². The maximum absolute atomic E-state index is 13.5. The van der Waals surface area contributed by atoms with Crippen LogP contribution in [0.2, 0.25) is 0 Å². The molecule has 0 spiro atoms. The number of H-pyrrole nitrogens is 1. The standard InChI is InChI=1S/C36H39NO18/c1-2-3-4-15-7-13(12-37-15)8-16-21(11-22-23(24(16)41)19(40)10-20(51-22)14-5-6-17(38)18(39)9-14)52-35-29(46)26(43)28(45)32(54-35)34(50)55-36-30(47)25(42)27(44)31(53-36)33(48)49/h5-7,9-12,25-32,35-39,41-47H,2-4,8H2,1H3,(H,48,49). The number of unbranched alkanes of at least 4 members (excludes halogenated alkanes) is 1. The van der Waals surface area contributed by atoms with Crippen LogP contribution in [0.5, 0.6) is 23.0 Å². The van der Waals surface area contributed by atoms with Gasteiger partial charge in [-0.15, -0.1) is 0 Å². The number of aliphatic carboxylic acids is 1. The van der Waals surface area contributed by atoms with Gasteiger partial charge in [0.25, 0.3) is 0 Å². The molecule has 0 radical (unpaired) electrons. The first-order chi connectivity index (χ1) is 26.1. The highest BCUT2D eigenvalue weighted by molar-refractivity contribution is 5.88. The Balaban J connectivity index is 1.36. The van der Waals surface area contributed by atoms with Crippen molar-refractivity contribution in [3.63, 3.8) is 0 Å². The van der Waals surface area contributed by atoms with Crippen molar-refractivity contribution in [2.45, 2.75) is 94.0 Å². The second-order valence-corrected chi connectivity index (χ2v) is 13.3. The summed E-state index contributed by atoms with van der Waals surface area (Å²) in [6, 6.07) is 7.71. The normalized spacial score (nSPS) is 28.2. The largest absolute Gasteiger partial charge is 0.507 e. The number of aromatic amines is 1. The van der Waals surface area contributed by atoms with Crippen molar-refractivity contribution < 1.29 is 84.0 Å². The number of carboxylic acid groups (broad SMARTS) is 1. The number of esters is 1. The number of aliphatic hydroxyl groups is 6. The zero-order chi connectivity index (χ0) is 39.9. The van der Waals surface area contributed by atoms with Crippen molar-refractivity contribution in [2.24, 2.45) is 0 Å². The lowest BCUT2D eigenvalue weighted by Crippen LogP contribution is -2.63. The Morgan fingerprint density at radius 3 is 2.16 bits per heavy atom. The number of aliphatic hydroxyl groups excluding tert-OH is 6. The number of fused-ring (bicyclic) bond motifs is 1. The molecule has 10 atom stereocenters. The van der Waals surface area contributed by atoms with Crippen LogP contribution in [0.4, 0.5) is 0 Å². The topological polar surface area (TPSA) is 319 Å². The van der Waals surface area contributed by atoms with Gasteiger partial charge in [-0.05, 0) is 42.7 Å². The summed E-state index contributed by atoms with van der Waals surface area (Å²) in [5.41, 5.74) is 0.679. The second-order valence-electron chi connectivity index (χ2n) is 13.3. The molecule has 0 amide bonds. The fourth-order valence-electron chi connectivity index (χ4n) is 6.32. The predicted octanol–water partition coefficient (Wildman–Crippen LogP) is -0.540. The number of aryl methyl sites for hydroxylation is 1.